The van der Waals surface area contributed by atoms with Crippen LogP contribution in [0.4, 0.5) is 0 Å². The van der Waals surface area contributed by atoms with Gasteiger partial charge in [0.1, 0.15) is 0 Å². The van der Waals surface area contributed by atoms with Gasteiger partial charge in [0, 0.05) is 13.2 Å². The largest absolute Gasteiger partial charge is 0.292 e. The molecule has 3 fully saturated rings. The van der Waals surface area contributed by atoms with E-state index in [0.717, 1.165) is 17.9 Å². The minimum absolute atomic E-state index is 0.00316. The van der Waals surface area contributed by atoms with Gasteiger partial charge >= 0.3 is 0 Å². The fourth-order valence-corrected chi connectivity index (χ4v) is 5.22. The summed E-state index contributed by atoms with van der Waals surface area (Å²) in [5, 5.41) is 5.01. The SMILES string of the molecule is Cn1cc(Cl)c(C(=O)NN2C(=O)[C@@H]3[C@@H](C2=O)[C@@H]2C=C[C@H]3C23CC3)n1. The first-order valence-corrected chi connectivity index (χ1v) is 8.38. The Labute approximate surface area is 142 Å². The Morgan fingerprint density at radius 3 is 2.29 bits per heavy atom. The molecule has 1 saturated heterocycles. The molecule has 1 N–H and O–H groups in total. The fourth-order valence-electron chi connectivity index (χ4n) is 4.96. The molecule has 7 nitrogen and oxygen atoms in total. The van der Waals surface area contributed by atoms with E-state index in [1.807, 2.05) is 0 Å². The lowest BCUT2D eigenvalue weighted by Crippen LogP contribution is -2.48. The first kappa shape index (κ1) is 14.2. The lowest BCUT2D eigenvalue weighted by molar-refractivity contribution is -0.144. The number of carbonyl (C=O) groups is 3. The van der Waals surface area contributed by atoms with Crippen molar-refractivity contribution >= 4 is 29.3 Å². The zero-order valence-electron chi connectivity index (χ0n) is 12.9. The van der Waals surface area contributed by atoms with Gasteiger partial charge in [-0.1, -0.05) is 23.8 Å². The Morgan fingerprint density at radius 2 is 1.83 bits per heavy atom. The summed E-state index contributed by atoms with van der Waals surface area (Å²) < 4.78 is 1.40. The molecule has 1 aromatic heterocycles. The molecule has 2 heterocycles. The number of fused-ring (bicyclic) bond motifs is 3. The number of nitrogens with zero attached hydrogens (tertiary/aromatic N) is 3. The van der Waals surface area contributed by atoms with Crippen LogP contribution in [0.3, 0.4) is 0 Å². The highest BCUT2D eigenvalue weighted by Gasteiger charge is 2.73. The van der Waals surface area contributed by atoms with E-state index < -0.39 is 5.91 Å². The van der Waals surface area contributed by atoms with Crippen molar-refractivity contribution in [2.24, 2.45) is 36.1 Å². The summed E-state index contributed by atoms with van der Waals surface area (Å²) in [5.41, 5.74) is 2.54. The standard InChI is InChI=1S/C16H15ClN4O3/c1-20-6-9(17)12(18-20)13(22)19-21-14(23)10-7-2-3-8(11(10)15(21)24)16(7)4-5-16/h2-3,6-8,10-11H,4-5H2,1H3,(H,19,22)/t7-,8+,10-,11-/m0/s1. The third-order valence-electron chi connectivity index (χ3n) is 6.07. The molecule has 0 unspecified atom stereocenters. The molecule has 2 bridgehead atoms. The third kappa shape index (κ3) is 1.53. The van der Waals surface area contributed by atoms with Gasteiger partial charge in [0.05, 0.1) is 16.9 Å². The Kier molecular flexibility index (Phi) is 2.53. The number of imide groups is 1. The van der Waals surface area contributed by atoms with E-state index in [9.17, 15) is 14.4 Å². The molecule has 4 atom stereocenters. The summed E-state index contributed by atoms with van der Waals surface area (Å²) in [4.78, 5) is 37.8. The molecule has 0 aromatic carbocycles. The van der Waals surface area contributed by atoms with Crippen LogP contribution in [-0.4, -0.2) is 32.5 Å². The van der Waals surface area contributed by atoms with Crippen molar-refractivity contribution in [1.82, 2.24) is 20.2 Å². The lowest BCUT2D eigenvalue weighted by atomic mass is 9.85. The van der Waals surface area contributed by atoms with E-state index in [-0.39, 0.29) is 51.6 Å². The van der Waals surface area contributed by atoms with Crippen LogP contribution in [0, 0.1) is 29.1 Å². The van der Waals surface area contributed by atoms with Crippen molar-refractivity contribution in [2.75, 3.05) is 0 Å². The van der Waals surface area contributed by atoms with Crippen LogP contribution < -0.4 is 5.43 Å². The molecule has 3 amide bonds. The van der Waals surface area contributed by atoms with Crippen LogP contribution in [0.5, 0.6) is 0 Å². The minimum Gasteiger partial charge on any atom is -0.273 e. The van der Waals surface area contributed by atoms with Crippen LogP contribution >= 0.6 is 11.6 Å². The Bertz CT molecular complexity index is 806. The predicted molar refractivity (Wildman–Crippen MR) is 82.3 cm³/mol. The molecule has 2 saturated carbocycles. The summed E-state index contributed by atoms with van der Waals surface area (Å²) >= 11 is 5.95. The maximum atomic E-state index is 12.8. The molecule has 8 heteroatoms. The maximum absolute atomic E-state index is 12.8. The number of aromatic nitrogens is 2. The summed E-state index contributed by atoms with van der Waals surface area (Å²) in [7, 11) is 1.64. The summed E-state index contributed by atoms with van der Waals surface area (Å²) in [6.45, 7) is 0. The predicted octanol–water partition coefficient (Wildman–Crippen LogP) is 0.915. The van der Waals surface area contributed by atoms with E-state index in [0.29, 0.717) is 0 Å². The van der Waals surface area contributed by atoms with Crippen molar-refractivity contribution < 1.29 is 14.4 Å². The van der Waals surface area contributed by atoms with Gasteiger partial charge in [-0.05, 0) is 30.1 Å². The van der Waals surface area contributed by atoms with Crippen molar-refractivity contribution in [2.45, 2.75) is 12.8 Å². The number of allylic oxidation sites excluding steroid dienone is 2. The van der Waals surface area contributed by atoms with Crippen LogP contribution in [0.2, 0.25) is 5.02 Å². The van der Waals surface area contributed by atoms with Gasteiger partial charge in [-0.15, -0.1) is 0 Å². The van der Waals surface area contributed by atoms with Crippen LogP contribution in [0.25, 0.3) is 0 Å². The number of hydrogen-bond donors (Lipinski definition) is 1. The molecule has 5 rings (SSSR count). The topological polar surface area (TPSA) is 84.3 Å². The highest BCUT2D eigenvalue weighted by atomic mass is 35.5. The van der Waals surface area contributed by atoms with Gasteiger partial charge in [0.2, 0.25) is 0 Å². The highest BCUT2D eigenvalue weighted by molar-refractivity contribution is 6.33. The maximum Gasteiger partial charge on any atom is 0.292 e. The van der Waals surface area contributed by atoms with Crippen LogP contribution in [-0.2, 0) is 16.6 Å². The van der Waals surface area contributed by atoms with E-state index in [1.54, 1.807) is 7.05 Å². The van der Waals surface area contributed by atoms with Gasteiger partial charge in [0.15, 0.2) is 5.69 Å². The number of halogens is 1. The fraction of sp³-hybridized carbons (Fsp3) is 0.500. The summed E-state index contributed by atoms with van der Waals surface area (Å²) in [5.74, 6) is -1.69. The molecular formula is C16H15ClN4O3. The van der Waals surface area contributed by atoms with Crippen LogP contribution in [0.15, 0.2) is 18.3 Å². The van der Waals surface area contributed by atoms with E-state index >= 15 is 0 Å². The first-order chi connectivity index (χ1) is 11.4. The normalized spacial score (nSPS) is 34.3. The number of aryl methyl sites for hydroxylation is 1. The number of amides is 3. The first-order valence-electron chi connectivity index (χ1n) is 8.00. The van der Waals surface area contributed by atoms with E-state index in [1.165, 1.54) is 10.9 Å². The smallest absolute Gasteiger partial charge is 0.273 e. The molecule has 1 aliphatic heterocycles. The summed E-state index contributed by atoms with van der Waals surface area (Å²) in [6.07, 6.45) is 7.83. The Balaban J connectivity index is 1.42. The molecule has 4 aliphatic rings. The second-order valence-corrected chi connectivity index (χ2v) is 7.58. The van der Waals surface area contributed by atoms with Gasteiger partial charge in [-0.25, -0.2) is 0 Å². The number of hydrazine groups is 1. The van der Waals surface area contributed by atoms with Crippen molar-refractivity contribution in [3.8, 4) is 0 Å². The van der Waals surface area contributed by atoms with Gasteiger partial charge in [-0.2, -0.15) is 10.1 Å². The molecule has 0 radical (unpaired) electrons. The monoisotopic (exact) mass is 346 g/mol. The molecule has 3 aliphatic carbocycles. The molecule has 1 aromatic rings. The van der Waals surface area contributed by atoms with Gasteiger partial charge in [-0.3, -0.25) is 24.5 Å². The molecule has 124 valence electrons. The zero-order valence-corrected chi connectivity index (χ0v) is 13.7. The number of hydrogen-bond acceptors (Lipinski definition) is 4. The summed E-state index contributed by atoms with van der Waals surface area (Å²) in [6, 6.07) is 0. The average Bonchev–Trinajstić information content (AvgIpc) is 2.99. The second kappa shape index (κ2) is 4.27. The zero-order chi connectivity index (χ0) is 16.8. The number of nitrogens with one attached hydrogen (secondary N) is 1. The number of carbonyl (C=O) groups excluding carboxylic acids is 3. The third-order valence-corrected chi connectivity index (χ3v) is 6.34. The molecule has 1 spiro atoms. The van der Waals surface area contributed by atoms with Crippen molar-refractivity contribution in [1.29, 1.82) is 0 Å². The Morgan fingerprint density at radius 1 is 1.25 bits per heavy atom. The van der Waals surface area contributed by atoms with Crippen molar-refractivity contribution in [3.05, 3.63) is 29.1 Å². The average molecular weight is 347 g/mol. The van der Waals surface area contributed by atoms with Crippen LogP contribution in [0.1, 0.15) is 23.3 Å². The molecular weight excluding hydrogens is 332 g/mol. The molecule has 24 heavy (non-hydrogen) atoms. The quantitative estimate of drug-likeness (QED) is 0.637. The number of rotatable bonds is 2. The second-order valence-electron chi connectivity index (χ2n) is 7.17. The lowest BCUT2D eigenvalue weighted by Gasteiger charge is -2.21. The van der Waals surface area contributed by atoms with E-state index in [4.69, 9.17) is 11.6 Å². The van der Waals surface area contributed by atoms with Crippen molar-refractivity contribution in [3.63, 3.8) is 0 Å². The van der Waals surface area contributed by atoms with E-state index in [2.05, 4.69) is 22.7 Å². The van der Waals surface area contributed by atoms with Gasteiger partial charge < -0.3 is 0 Å². The minimum atomic E-state index is -0.649. The Hall–Kier alpha value is -2.15. The highest BCUT2D eigenvalue weighted by Crippen LogP contribution is 2.73. The van der Waals surface area contributed by atoms with Gasteiger partial charge in [0.25, 0.3) is 17.7 Å².